The van der Waals surface area contributed by atoms with Crippen LogP contribution in [0.25, 0.3) is 0 Å². The Kier molecular flexibility index (Phi) is 5.24. The normalized spacial score (nSPS) is 9.56. The summed E-state index contributed by atoms with van der Waals surface area (Å²) >= 11 is 0. The number of methoxy groups -OCH3 is 1. The molecule has 3 nitrogen and oxygen atoms in total. The molecular weight excluding hydrogens is 202 g/mol. The monoisotopic (exact) mass is 219 g/mol. The molecule has 0 radical (unpaired) electrons. The highest BCUT2D eigenvalue weighted by Crippen LogP contribution is 2.24. The molecule has 0 spiro atoms. The molecule has 0 aliphatic rings. The molecular formula is C13H17NO2. The molecule has 0 aliphatic heterocycles. The van der Waals surface area contributed by atoms with Crippen molar-refractivity contribution in [1.82, 2.24) is 5.32 Å². The van der Waals surface area contributed by atoms with Crippen molar-refractivity contribution in [3.8, 4) is 23.8 Å². The predicted octanol–water partition coefficient (Wildman–Crippen LogP) is 1.82. The van der Waals surface area contributed by atoms with Crippen LogP contribution in [0.3, 0.4) is 0 Å². The third kappa shape index (κ3) is 3.48. The molecule has 3 heteroatoms. The van der Waals surface area contributed by atoms with Crippen LogP contribution in [-0.4, -0.2) is 20.8 Å². The van der Waals surface area contributed by atoms with Crippen LogP contribution in [0.2, 0.25) is 0 Å². The highest BCUT2D eigenvalue weighted by atomic mass is 16.5. The summed E-state index contributed by atoms with van der Waals surface area (Å²) in [5.74, 6) is 4.23. The maximum absolute atomic E-state index is 5.59. The molecule has 1 N–H and O–H groups in total. The second-order valence-electron chi connectivity index (χ2n) is 3.31. The van der Waals surface area contributed by atoms with E-state index in [1.807, 2.05) is 25.2 Å². The Morgan fingerprint density at radius 3 is 2.88 bits per heavy atom. The molecule has 0 aromatic heterocycles. The minimum Gasteiger partial charge on any atom is -0.497 e. The largest absolute Gasteiger partial charge is 0.497 e. The van der Waals surface area contributed by atoms with Gasteiger partial charge in [-0.3, -0.25) is 0 Å². The fraction of sp³-hybridized carbons (Fsp3) is 0.385. The molecule has 16 heavy (non-hydrogen) atoms. The van der Waals surface area contributed by atoms with Gasteiger partial charge in [0.2, 0.25) is 0 Å². The summed E-state index contributed by atoms with van der Waals surface area (Å²) < 4.78 is 10.8. The van der Waals surface area contributed by atoms with Gasteiger partial charge in [-0.15, -0.1) is 12.3 Å². The minimum atomic E-state index is 0.541. The van der Waals surface area contributed by atoms with Crippen molar-refractivity contribution < 1.29 is 9.47 Å². The Bertz CT molecular complexity index is 369. The summed E-state index contributed by atoms with van der Waals surface area (Å²) in [4.78, 5) is 0. The molecule has 0 aliphatic carbocycles. The van der Waals surface area contributed by atoms with Crippen LogP contribution in [0.15, 0.2) is 18.2 Å². The number of hydrogen-bond donors (Lipinski definition) is 1. The standard InChI is InChI=1S/C13H17NO2/c1-4-5-8-16-13-7-6-12(15-3)9-11(13)10-14-2/h1,6-7,9,14H,5,8,10H2,2-3H3. The van der Waals surface area contributed by atoms with Gasteiger partial charge in [-0.2, -0.15) is 0 Å². The van der Waals surface area contributed by atoms with Crippen molar-refractivity contribution >= 4 is 0 Å². The zero-order valence-corrected chi connectivity index (χ0v) is 9.75. The highest BCUT2D eigenvalue weighted by molar-refractivity contribution is 5.40. The van der Waals surface area contributed by atoms with Crippen LogP contribution < -0.4 is 14.8 Å². The molecule has 0 unspecified atom stereocenters. The van der Waals surface area contributed by atoms with E-state index in [4.69, 9.17) is 15.9 Å². The van der Waals surface area contributed by atoms with Gasteiger partial charge < -0.3 is 14.8 Å². The van der Waals surface area contributed by atoms with Crippen LogP contribution in [0.4, 0.5) is 0 Å². The van der Waals surface area contributed by atoms with Gasteiger partial charge in [0.1, 0.15) is 11.5 Å². The van der Waals surface area contributed by atoms with Gasteiger partial charge in [-0.1, -0.05) is 0 Å². The lowest BCUT2D eigenvalue weighted by molar-refractivity contribution is 0.322. The second kappa shape index (κ2) is 6.76. The maximum atomic E-state index is 5.59. The number of hydrogen-bond acceptors (Lipinski definition) is 3. The van der Waals surface area contributed by atoms with E-state index in [1.54, 1.807) is 7.11 Å². The second-order valence-corrected chi connectivity index (χ2v) is 3.31. The van der Waals surface area contributed by atoms with E-state index < -0.39 is 0 Å². The molecule has 0 atom stereocenters. The molecule has 0 fully saturated rings. The van der Waals surface area contributed by atoms with Crippen molar-refractivity contribution in [3.63, 3.8) is 0 Å². The van der Waals surface area contributed by atoms with Crippen molar-refractivity contribution in [3.05, 3.63) is 23.8 Å². The summed E-state index contributed by atoms with van der Waals surface area (Å²) in [5.41, 5.74) is 1.07. The topological polar surface area (TPSA) is 30.5 Å². The van der Waals surface area contributed by atoms with E-state index >= 15 is 0 Å². The first-order chi connectivity index (χ1) is 7.81. The Hall–Kier alpha value is -1.66. The maximum Gasteiger partial charge on any atom is 0.124 e. The fourth-order valence-electron chi connectivity index (χ4n) is 1.37. The first-order valence-electron chi connectivity index (χ1n) is 5.19. The van der Waals surface area contributed by atoms with Gasteiger partial charge in [0, 0.05) is 18.5 Å². The lowest BCUT2D eigenvalue weighted by atomic mass is 10.2. The summed E-state index contributed by atoms with van der Waals surface area (Å²) in [6.45, 7) is 1.28. The average Bonchev–Trinajstić information content (AvgIpc) is 2.31. The van der Waals surface area contributed by atoms with Gasteiger partial charge in [-0.05, 0) is 25.2 Å². The summed E-state index contributed by atoms with van der Waals surface area (Å²) in [5, 5.41) is 3.09. The van der Waals surface area contributed by atoms with Crippen molar-refractivity contribution in [2.75, 3.05) is 20.8 Å². The van der Waals surface area contributed by atoms with Crippen LogP contribution in [0.5, 0.6) is 11.5 Å². The number of benzene rings is 1. The third-order valence-electron chi connectivity index (χ3n) is 2.14. The first kappa shape index (κ1) is 12.4. The molecule has 1 aromatic carbocycles. The SMILES string of the molecule is C#CCCOc1ccc(OC)cc1CNC. The van der Waals surface area contributed by atoms with Gasteiger partial charge in [0.15, 0.2) is 0 Å². The zero-order valence-electron chi connectivity index (χ0n) is 9.75. The highest BCUT2D eigenvalue weighted by Gasteiger charge is 2.04. The van der Waals surface area contributed by atoms with Crippen molar-refractivity contribution in [1.29, 1.82) is 0 Å². The van der Waals surface area contributed by atoms with Crippen molar-refractivity contribution in [2.24, 2.45) is 0 Å². The zero-order chi connectivity index (χ0) is 11.8. The molecule has 0 bridgehead atoms. The van der Waals surface area contributed by atoms with Gasteiger partial charge in [0.25, 0.3) is 0 Å². The summed E-state index contributed by atoms with van der Waals surface area (Å²) in [7, 11) is 3.54. The molecule has 86 valence electrons. The van der Waals surface area contributed by atoms with Gasteiger partial charge >= 0.3 is 0 Å². The van der Waals surface area contributed by atoms with Crippen LogP contribution in [-0.2, 0) is 6.54 Å². The molecule has 0 amide bonds. The Labute approximate surface area is 96.8 Å². The Balaban J connectivity index is 2.77. The molecule has 0 saturated carbocycles. The van der Waals surface area contributed by atoms with Crippen molar-refractivity contribution in [2.45, 2.75) is 13.0 Å². The minimum absolute atomic E-state index is 0.541. The van der Waals surface area contributed by atoms with Gasteiger partial charge in [0.05, 0.1) is 13.7 Å². The molecule has 1 rings (SSSR count). The number of nitrogens with one attached hydrogen (secondary N) is 1. The van der Waals surface area contributed by atoms with Crippen LogP contribution in [0, 0.1) is 12.3 Å². The number of terminal acetylenes is 1. The van der Waals surface area contributed by atoms with E-state index in [0.29, 0.717) is 13.0 Å². The van der Waals surface area contributed by atoms with E-state index in [2.05, 4.69) is 11.2 Å². The third-order valence-corrected chi connectivity index (χ3v) is 2.14. The van der Waals surface area contributed by atoms with E-state index in [9.17, 15) is 0 Å². The lowest BCUT2D eigenvalue weighted by Gasteiger charge is -2.11. The average molecular weight is 219 g/mol. The predicted molar refractivity (Wildman–Crippen MR) is 64.7 cm³/mol. The van der Waals surface area contributed by atoms with Gasteiger partial charge in [-0.25, -0.2) is 0 Å². The van der Waals surface area contributed by atoms with E-state index in [1.165, 1.54) is 0 Å². The molecule has 0 heterocycles. The summed E-state index contributed by atoms with van der Waals surface area (Å²) in [6, 6.07) is 5.74. The Morgan fingerprint density at radius 1 is 1.44 bits per heavy atom. The van der Waals surface area contributed by atoms with Crippen LogP contribution >= 0.6 is 0 Å². The number of rotatable bonds is 6. The van der Waals surface area contributed by atoms with Crippen LogP contribution in [0.1, 0.15) is 12.0 Å². The fourth-order valence-corrected chi connectivity index (χ4v) is 1.37. The quantitative estimate of drug-likeness (QED) is 0.584. The smallest absolute Gasteiger partial charge is 0.124 e. The lowest BCUT2D eigenvalue weighted by Crippen LogP contribution is -2.08. The Morgan fingerprint density at radius 2 is 2.25 bits per heavy atom. The van der Waals surface area contributed by atoms with E-state index in [0.717, 1.165) is 23.6 Å². The molecule has 0 saturated heterocycles. The number of ether oxygens (including phenoxy) is 2. The molecule has 1 aromatic rings. The van der Waals surface area contributed by atoms with E-state index in [-0.39, 0.29) is 0 Å². The summed E-state index contributed by atoms with van der Waals surface area (Å²) in [6.07, 6.45) is 5.79. The first-order valence-corrected chi connectivity index (χ1v) is 5.19.